The Morgan fingerprint density at radius 3 is 2.70 bits per heavy atom. The number of carbonyl (C=O) groups excluding carboxylic acids is 1. The van der Waals surface area contributed by atoms with Crippen LogP contribution in [0.5, 0.6) is 0 Å². The largest absolute Gasteiger partial charge is 0.370 e. The van der Waals surface area contributed by atoms with Crippen molar-refractivity contribution in [2.45, 2.75) is 12.5 Å². The molecular formula is C22H22ClFN4OS. The molecule has 1 aliphatic heterocycles. The first-order valence-corrected chi connectivity index (χ1v) is 10.9. The summed E-state index contributed by atoms with van der Waals surface area (Å²) < 4.78 is 13.4. The summed E-state index contributed by atoms with van der Waals surface area (Å²) in [5, 5.41) is 5.21. The third-order valence-corrected chi connectivity index (χ3v) is 6.47. The van der Waals surface area contributed by atoms with Crippen LogP contribution in [0.4, 0.5) is 15.8 Å². The summed E-state index contributed by atoms with van der Waals surface area (Å²) >= 11 is 7.15. The first-order chi connectivity index (χ1) is 14.4. The summed E-state index contributed by atoms with van der Waals surface area (Å²) in [6.45, 7) is 2.04. The van der Waals surface area contributed by atoms with Gasteiger partial charge in [-0.15, -0.1) is 11.3 Å². The minimum Gasteiger partial charge on any atom is -0.370 e. The lowest BCUT2D eigenvalue weighted by atomic mass is 10.2. The van der Waals surface area contributed by atoms with Crippen LogP contribution in [0.25, 0.3) is 10.6 Å². The number of carbonyl (C=O) groups is 1. The van der Waals surface area contributed by atoms with Crippen molar-refractivity contribution in [1.29, 1.82) is 0 Å². The maximum absolute atomic E-state index is 13.4. The lowest BCUT2D eigenvalue weighted by molar-refractivity contribution is 0.102. The zero-order chi connectivity index (χ0) is 21.3. The number of anilines is 2. The Labute approximate surface area is 184 Å². The van der Waals surface area contributed by atoms with Crippen LogP contribution in [0.3, 0.4) is 0 Å². The van der Waals surface area contributed by atoms with E-state index in [0.717, 1.165) is 25.2 Å². The molecule has 1 fully saturated rings. The Kier molecular flexibility index (Phi) is 6.04. The van der Waals surface area contributed by atoms with Gasteiger partial charge < -0.3 is 15.1 Å². The molecule has 1 aromatic heterocycles. The van der Waals surface area contributed by atoms with Crippen LogP contribution in [0, 0.1) is 5.82 Å². The fourth-order valence-corrected chi connectivity index (χ4v) is 4.47. The summed E-state index contributed by atoms with van der Waals surface area (Å²) in [5.41, 5.74) is 2.86. The first kappa shape index (κ1) is 20.8. The fourth-order valence-electron chi connectivity index (χ4n) is 3.49. The van der Waals surface area contributed by atoms with E-state index in [1.807, 2.05) is 24.3 Å². The van der Waals surface area contributed by atoms with Crippen molar-refractivity contribution < 1.29 is 9.18 Å². The van der Waals surface area contributed by atoms with E-state index < -0.39 is 5.82 Å². The molecule has 1 amide bonds. The van der Waals surface area contributed by atoms with Crippen molar-refractivity contribution in [3.05, 3.63) is 64.4 Å². The monoisotopic (exact) mass is 444 g/mol. The average Bonchev–Trinajstić information content (AvgIpc) is 3.41. The molecule has 2 aromatic carbocycles. The average molecular weight is 445 g/mol. The van der Waals surface area contributed by atoms with Crippen LogP contribution < -0.4 is 10.2 Å². The Hall–Kier alpha value is -2.48. The van der Waals surface area contributed by atoms with Crippen LogP contribution in [0.2, 0.25) is 5.02 Å². The van der Waals surface area contributed by atoms with Gasteiger partial charge in [0.1, 0.15) is 16.5 Å². The van der Waals surface area contributed by atoms with Crippen molar-refractivity contribution >= 4 is 40.2 Å². The second-order valence-electron chi connectivity index (χ2n) is 7.52. The van der Waals surface area contributed by atoms with E-state index in [9.17, 15) is 9.18 Å². The van der Waals surface area contributed by atoms with Crippen molar-refractivity contribution in [2.24, 2.45) is 0 Å². The van der Waals surface area contributed by atoms with Gasteiger partial charge in [0.15, 0.2) is 0 Å². The zero-order valence-corrected chi connectivity index (χ0v) is 18.3. The lowest BCUT2D eigenvalue weighted by Gasteiger charge is -2.22. The van der Waals surface area contributed by atoms with E-state index in [1.54, 1.807) is 11.4 Å². The molecule has 1 atom stereocenters. The first-order valence-electron chi connectivity index (χ1n) is 9.64. The molecule has 30 heavy (non-hydrogen) atoms. The molecule has 0 aliphatic carbocycles. The maximum atomic E-state index is 13.4. The number of hydrogen-bond acceptors (Lipinski definition) is 5. The summed E-state index contributed by atoms with van der Waals surface area (Å²) in [6.07, 6.45) is 1.15. The number of halogens is 2. The van der Waals surface area contributed by atoms with Crippen LogP contribution in [-0.2, 0) is 0 Å². The topological polar surface area (TPSA) is 48.5 Å². The quantitative estimate of drug-likeness (QED) is 0.602. The van der Waals surface area contributed by atoms with E-state index in [2.05, 4.69) is 34.2 Å². The van der Waals surface area contributed by atoms with Gasteiger partial charge in [-0.1, -0.05) is 11.6 Å². The number of nitrogens with one attached hydrogen (secondary N) is 1. The molecule has 2 heterocycles. The Morgan fingerprint density at radius 1 is 1.27 bits per heavy atom. The predicted octanol–water partition coefficient (Wildman–Crippen LogP) is 5.00. The minimum atomic E-state index is -0.482. The van der Waals surface area contributed by atoms with Gasteiger partial charge in [-0.25, -0.2) is 9.37 Å². The highest BCUT2D eigenvalue weighted by Gasteiger charge is 2.24. The van der Waals surface area contributed by atoms with Gasteiger partial charge in [-0.2, -0.15) is 0 Å². The smallest absolute Gasteiger partial charge is 0.275 e. The molecule has 1 saturated heterocycles. The molecule has 0 spiro atoms. The van der Waals surface area contributed by atoms with Crippen LogP contribution in [0.15, 0.2) is 47.8 Å². The zero-order valence-electron chi connectivity index (χ0n) is 16.7. The van der Waals surface area contributed by atoms with Crippen LogP contribution in [-0.4, -0.2) is 49.0 Å². The summed E-state index contributed by atoms with van der Waals surface area (Å²) in [5.74, 6) is -0.767. The van der Waals surface area contributed by atoms with Crippen molar-refractivity contribution in [2.75, 3.05) is 37.4 Å². The van der Waals surface area contributed by atoms with Gasteiger partial charge >= 0.3 is 0 Å². The summed E-state index contributed by atoms with van der Waals surface area (Å²) in [7, 11) is 4.22. The Balaban J connectivity index is 1.41. The van der Waals surface area contributed by atoms with Crippen molar-refractivity contribution in [3.8, 4) is 10.6 Å². The molecule has 0 bridgehead atoms. The second kappa shape index (κ2) is 8.71. The number of nitrogens with zero attached hydrogens (tertiary/aromatic N) is 3. The van der Waals surface area contributed by atoms with Crippen LogP contribution in [0.1, 0.15) is 16.9 Å². The molecule has 1 aliphatic rings. The van der Waals surface area contributed by atoms with Crippen molar-refractivity contribution in [3.63, 3.8) is 0 Å². The number of benzene rings is 2. The lowest BCUT2D eigenvalue weighted by Crippen LogP contribution is -2.31. The van der Waals surface area contributed by atoms with E-state index in [4.69, 9.17) is 11.6 Å². The minimum absolute atomic E-state index is 0.0312. The van der Waals surface area contributed by atoms with Gasteiger partial charge in [-0.3, -0.25) is 4.79 Å². The number of hydrogen-bond donors (Lipinski definition) is 1. The second-order valence-corrected chi connectivity index (χ2v) is 8.79. The highest BCUT2D eigenvalue weighted by Crippen LogP contribution is 2.28. The number of thiazole rings is 1. The molecule has 0 saturated carbocycles. The Morgan fingerprint density at radius 2 is 2.03 bits per heavy atom. The highest BCUT2D eigenvalue weighted by molar-refractivity contribution is 7.13. The van der Waals surface area contributed by atoms with E-state index in [1.165, 1.54) is 23.5 Å². The Bertz CT molecular complexity index is 1050. The molecule has 3 aromatic rings. The third-order valence-electron chi connectivity index (χ3n) is 5.29. The van der Waals surface area contributed by atoms with E-state index in [0.29, 0.717) is 28.0 Å². The summed E-state index contributed by atoms with van der Waals surface area (Å²) in [4.78, 5) is 21.6. The molecule has 1 N–H and O–H groups in total. The maximum Gasteiger partial charge on any atom is 0.275 e. The normalized spacial score (nSPS) is 16.3. The molecular weight excluding hydrogens is 423 g/mol. The number of rotatable bonds is 5. The van der Waals surface area contributed by atoms with E-state index in [-0.39, 0.29) is 10.9 Å². The SMILES string of the molecule is CN(C)C1CCN(c2ccc(NC(=O)c3csc(-c4ccc(F)c(Cl)c4)n3)cc2)C1. The highest BCUT2D eigenvalue weighted by atomic mass is 35.5. The molecule has 0 radical (unpaired) electrons. The van der Waals surface area contributed by atoms with Gasteiger partial charge in [0.05, 0.1) is 5.02 Å². The van der Waals surface area contributed by atoms with Gasteiger partial charge in [0.2, 0.25) is 0 Å². The molecule has 156 valence electrons. The fraction of sp³-hybridized carbons (Fsp3) is 0.273. The molecule has 1 unspecified atom stereocenters. The van der Waals surface area contributed by atoms with E-state index >= 15 is 0 Å². The third kappa shape index (κ3) is 4.48. The number of aromatic nitrogens is 1. The van der Waals surface area contributed by atoms with Crippen molar-refractivity contribution in [1.82, 2.24) is 9.88 Å². The number of amides is 1. The van der Waals surface area contributed by atoms with Crippen LogP contribution >= 0.6 is 22.9 Å². The molecule has 5 nitrogen and oxygen atoms in total. The standard InChI is InChI=1S/C22H22ClFN4OS/c1-27(2)17-9-10-28(12-17)16-6-4-15(5-7-16)25-21(29)20-13-30-22(26-20)14-3-8-19(24)18(23)11-14/h3-8,11,13,17H,9-10,12H2,1-2H3,(H,25,29). The van der Waals surface area contributed by atoms with Gasteiger partial charge in [0, 0.05) is 41.4 Å². The number of likely N-dealkylation sites (N-methyl/N-ethyl adjacent to an activating group) is 1. The van der Waals surface area contributed by atoms with Gasteiger partial charge in [-0.05, 0) is 63.0 Å². The van der Waals surface area contributed by atoms with Gasteiger partial charge in [0.25, 0.3) is 5.91 Å². The molecule has 4 rings (SSSR count). The molecule has 8 heteroatoms. The predicted molar refractivity (Wildman–Crippen MR) is 121 cm³/mol. The summed E-state index contributed by atoms with van der Waals surface area (Å²) in [6, 6.07) is 12.8.